The summed E-state index contributed by atoms with van der Waals surface area (Å²) in [7, 11) is 0. The molecule has 0 radical (unpaired) electrons. The van der Waals surface area contributed by atoms with Gasteiger partial charge in [-0.3, -0.25) is 4.79 Å². The van der Waals surface area contributed by atoms with Crippen LogP contribution in [0.25, 0.3) is 11.0 Å². The van der Waals surface area contributed by atoms with Crippen LogP contribution in [0.15, 0.2) is 28.8 Å². The second-order valence-electron chi connectivity index (χ2n) is 4.14. The Hall–Kier alpha value is -1.73. The van der Waals surface area contributed by atoms with Gasteiger partial charge < -0.3 is 15.6 Å². The van der Waals surface area contributed by atoms with E-state index in [-0.39, 0.29) is 18.8 Å². The smallest absolute Gasteiger partial charge is 0.277 e. The summed E-state index contributed by atoms with van der Waals surface area (Å²) < 4.78 is 30.8. The van der Waals surface area contributed by atoms with Gasteiger partial charge in [0.2, 0.25) is 5.91 Å². The normalized spacial score (nSPS) is 11.2. The van der Waals surface area contributed by atoms with Gasteiger partial charge in [-0.1, -0.05) is 17.3 Å². The van der Waals surface area contributed by atoms with Gasteiger partial charge in [-0.05, 0) is 12.1 Å². The molecule has 1 aromatic carbocycles. The largest absolute Gasteiger partial charge is 0.356 e. The fourth-order valence-corrected chi connectivity index (χ4v) is 1.58. The molecule has 3 N–H and O–H groups in total. The summed E-state index contributed by atoms with van der Waals surface area (Å²) in [6.07, 6.45) is -0.113. The minimum atomic E-state index is -3.10. The first-order valence-electron chi connectivity index (χ1n) is 5.70. The van der Waals surface area contributed by atoms with Crippen molar-refractivity contribution in [1.82, 2.24) is 10.5 Å². The minimum Gasteiger partial charge on any atom is -0.356 e. The molecule has 1 amide bonds. The summed E-state index contributed by atoms with van der Waals surface area (Å²) in [5.41, 5.74) is 5.85. The maximum absolute atomic E-state index is 12.9. The molecular weight excluding hydrogens is 292 g/mol. The van der Waals surface area contributed by atoms with Crippen molar-refractivity contribution < 1.29 is 18.1 Å². The predicted octanol–water partition coefficient (Wildman–Crippen LogP) is 1.50. The molecule has 0 unspecified atom stereocenters. The Morgan fingerprint density at radius 1 is 1.40 bits per heavy atom. The topological polar surface area (TPSA) is 81.1 Å². The van der Waals surface area contributed by atoms with E-state index in [0.717, 1.165) is 0 Å². The van der Waals surface area contributed by atoms with Gasteiger partial charge >= 0.3 is 0 Å². The van der Waals surface area contributed by atoms with Crippen molar-refractivity contribution in [2.75, 3.05) is 13.1 Å². The summed E-state index contributed by atoms with van der Waals surface area (Å²) in [5, 5.41) is 6.58. The van der Waals surface area contributed by atoms with E-state index in [0.29, 0.717) is 16.7 Å². The quantitative estimate of drug-likeness (QED) is 0.877. The Labute approximate surface area is 119 Å². The first-order chi connectivity index (χ1) is 9.02. The second-order valence-corrected chi connectivity index (χ2v) is 4.14. The summed E-state index contributed by atoms with van der Waals surface area (Å²) in [5.74, 6) is -3.64. The van der Waals surface area contributed by atoms with Gasteiger partial charge in [-0.2, -0.15) is 0 Å². The van der Waals surface area contributed by atoms with Gasteiger partial charge in [0.05, 0.1) is 19.5 Å². The zero-order chi connectivity index (χ0) is 13.9. The monoisotopic (exact) mass is 305 g/mol. The van der Waals surface area contributed by atoms with E-state index < -0.39 is 24.9 Å². The molecule has 0 atom stereocenters. The van der Waals surface area contributed by atoms with Crippen LogP contribution in [-0.2, 0) is 11.2 Å². The maximum atomic E-state index is 12.9. The summed E-state index contributed by atoms with van der Waals surface area (Å²) in [6.45, 7) is -1.59. The molecule has 8 heteroatoms. The van der Waals surface area contributed by atoms with Gasteiger partial charge in [-0.15, -0.1) is 12.4 Å². The molecule has 2 aromatic rings. The number of nitrogens with two attached hydrogens (primary N) is 1. The molecule has 5 nitrogen and oxygen atoms in total. The Morgan fingerprint density at radius 2 is 2.10 bits per heavy atom. The van der Waals surface area contributed by atoms with E-state index in [2.05, 4.69) is 10.5 Å². The molecule has 0 aliphatic heterocycles. The Bertz CT molecular complexity index is 589. The van der Waals surface area contributed by atoms with Crippen LogP contribution in [0.1, 0.15) is 5.69 Å². The highest BCUT2D eigenvalue weighted by atomic mass is 35.5. The van der Waals surface area contributed by atoms with E-state index in [1.165, 1.54) is 0 Å². The average molecular weight is 306 g/mol. The van der Waals surface area contributed by atoms with Crippen LogP contribution >= 0.6 is 12.4 Å². The van der Waals surface area contributed by atoms with Crippen molar-refractivity contribution in [3.05, 3.63) is 30.0 Å². The van der Waals surface area contributed by atoms with Gasteiger partial charge in [0.25, 0.3) is 5.92 Å². The molecule has 20 heavy (non-hydrogen) atoms. The lowest BCUT2D eigenvalue weighted by molar-refractivity contribution is -0.122. The standard InChI is InChI=1S/C12H13F2N3O2.ClH/c13-12(14,6-15)7-16-11(18)5-9-8-3-1-2-4-10(8)19-17-9;/h1-4H,5-7,15H2,(H,16,18);1H. The first-order valence-corrected chi connectivity index (χ1v) is 5.70. The number of rotatable bonds is 5. The van der Waals surface area contributed by atoms with Crippen molar-refractivity contribution in [2.45, 2.75) is 12.3 Å². The molecule has 0 saturated carbocycles. The number of halogens is 3. The number of alkyl halides is 2. The Morgan fingerprint density at radius 3 is 2.80 bits per heavy atom. The molecule has 0 spiro atoms. The van der Waals surface area contributed by atoms with Crippen molar-refractivity contribution in [3.8, 4) is 0 Å². The number of aromatic nitrogens is 1. The molecule has 0 saturated heterocycles. The zero-order valence-electron chi connectivity index (χ0n) is 10.4. The highest BCUT2D eigenvalue weighted by Gasteiger charge is 2.27. The molecule has 110 valence electrons. The third-order valence-electron chi connectivity index (χ3n) is 2.62. The fraction of sp³-hybridized carbons (Fsp3) is 0.333. The molecule has 1 heterocycles. The molecule has 1 aromatic heterocycles. The van der Waals surface area contributed by atoms with E-state index in [1.54, 1.807) is 24.3 Å². The number of fused-ring (bicyclic) bond motifs is 1. The van der Waals surface area contributed by atoms with Crippen LogP contribution in [0.4, 0.5) is 8.78 Å². The maximum Gasteiger partial charge on any atom is 0.277 e. The second kappa shape index (κ2) is 6.62. The summed E-state index contributed by atoms with van der Waals surface area (Å²) >= 11 is 0. The highest BCUT2D eigenvalue weighted by Crippen LogP contribution is 2.18. The number of nitrogens with zero attached hydrogens (tertiary/aromatic N) is 1. The number of para-hydroxylation sites is 1. The van der Waals surface area contributed by atoms with Crippen LogP contribution in [0.2, 0.25) is 0 Å². The lowest BCUT2D eigenvalue weighted by Crippen LogP contribution is -2.42. The minimum absolute atomic E-state index is 0. The number of carbonyl (C=O) groups is 1. The van der Waals surface area contributed by atoms with E-state index in [9.17, 15) is 13.6 Å². The molecule has 0 aliphatic rings. The molecular formula is C12H14ClF2N3O2. The fourth-order valence-electron chi connectivity index (χ4n) is 1.58. The number of hydrogen-bond acceptors (Lipinski definition) is 4. The Kier molecular flexibility index (Phi) is 5.41. The number of amides is 1. The Balaban J connectivity index is 0.00000200. The SMILES string of the molecule is Cl.NCC(F)(F)CNC(=O)Cc1noc2ccccc12. The van der Waals surface area contributed by atoms with E-state index in [4.69, 9.17) is 10.3 Å². The van der Waals surface area contributed by atoms with Gasteiger partial charge in [0.1, 0.15) is 5.69 Å². The van der Waals surface area contributed by atoms with Crippen LogP contribution in [0, 0.1) is 0 Å². The summed E-state index contributed by atoms with van der Waals surface area (Å²) in [6, 6.07) is 7.03. The van der Waals surface area contributed by atoms with Crippen molar-refractivity contribution in [2.24, 2.45) is 5.73 Å². The zero-order valence-corrected chi connectivity index (χ0v) is 11.3. The van der Waals surface area contributed by atoms with E-state index in [1.807, 2.05) is 0 Å². The lowest BCUT2D eigenvalue weighted by atomic mass is 10.1. The number of carbonyl (C=O) groups excluding carboxylic acids is 1. The first kappa shape index (κ1) is 16.3. The van der Waals surface area contributed by atoms with Crippen LogP contribution in [0.3, 0.4) is 0 Å². The highest BCUT2D eigenvalue weighted by molar-refractivity contribution is 5.86. The van der Waals surface area contributed by atoms with Gasteiger partial charge in [-0.25, -0.2) is 8.78 Å². The third kappa shape index (κ3) is 3.88. The third-order valence-corrected chi connectivity index (χ3v) is 2.62. The van der Waals surface area contributed by atoms with Crippen molar-refractivity contribution in [3.63, 3.8) is 0 Å². The number of benzene rings is 1. The summed E-state index contributed by atoms with van der Waals surface area (Å²) in [4.78, 5) is 11.5. The van der Waals surface area contributed by atoms with E-state index >= 15 is 0 Å². The molecule has 2 rings (SSSR count). The van der Waals surface area contributed by atoms with Gasteiger partial charge in [0.15, 0.2) is 5.58 Å². The number of hydrogen-bond donors (Lipinski definition) is 2. The van der Waals surface area contributed by atoms with Crippen LogP contribution in [-0.4, -0.2) is 30.1 Å². The molecule has 0 bridgehead atoms. The number of nitrogens with one attached hydrogen (secondary N) is 1. The average Bonchev–Trinajstić information content (AvgIpc) is 2.80. The van der Waals surface area contributed by atoms with Crippen LogP contribution in [0.5, 0.6) is 0 Å². The van der Waals surface area contributed by atoms with Crippen molar-refractivity contribution in [1.29, 1.82) is 0 Å². The van der Waals surface area contributed by atoms with Gasteiger partial charge in [0, 0.05) is 5.39 Å². The molecule has 0 fully saturated rings. The molecule has 0 aliphatic carbocycles. The predicted molar refractivity (Wildman–Crippen MR) is 72.0 cm³/mol. The lowest BCUT2D eigenvalue weighted by Gasteiger charge is -2.14. The van der Waals surface area contributed by atoms with Crippen molar-refractivity contribution >= 4 is 29.3 Å². The van der Waals surface area contributed by atoms with Crippen LogP contribution < -0.4 is 11.1 Å².